The molecule has 1 aromatic rings. The van der Waals surface area contributed by atoms with E-state index >= 15 is 0 Å². The Hall–Kier alpha value is -1.22. The number of ketones is 1. The summed E-state index contributed by atoms with van der Waals surface area (Å²) < 4.78 is 12.8. The minimum Gasteiger partial charge on any atom is -0.385 e. The van der Waals surface area contributed by atoms with E-state index in [-0.39, 0.29) is 5.56 Å². The van der Waals surface area contributed by atoms with E-state index in [2.05, 4.69) is 6.92 Å². The van der Waals surface area contributed by atoms with Crippen molar-refractivity contribution in [1.29, 1.82) is 0 Å². The Labute approximate surface area is 69.6 Å². The van der Waals surface area contributed by atoms with Crippen molar-refractivity contribution in [2.75, 3.05) is 0 Å². The van der Waals surface area contributed by atoms with Crippen LogP contribution in [0.2, 0.25) is 0 Å². The average molecular weight is 167 g/mol. The molecule has 0 bridgehead atoms. The Morgan fingerprint density at radius 2 is 2.08 bits per heavy atom. The first-order valence-electron chi connectivity index (χ1n) is 3.43. The summed E-state index contributed by atoms with van der Waals surface area (Å²) >= 11 is 0. The van der Waals surface area contributed by atoms with Gasteiger partial charge in [-0.15, -0.1) is 0 Å². The number of halogens is 1. The van der Waals surface area contributed by atoms with Crippen molar-refractivity contribution < 1.29 is 14.3 Å². The maximum atomic E-state index is 12.8. The fraction of sp³-hybridized carbons (Fsp3) is 0.111. The van der Waals surface area contributed by atoms with E-state index in [9.17, 15) is 9.18 Å². The van der Waals surface area contributed by atoms with Gasteiger partial charge < -0.3 is 5.11 Å². The van der Waals surface area contributed by atoms with E-state index in [1.54, 1.807) is 0 Å². The molecular formula is C9H8FO2. The highest BCUT2D eigenvalue weighted by Crippen LogP contribution is 2.08. The van der Waals surface area contributed by atoms with Gasteiger partial charge in [-0.05, 0) is 19.1 Å². The predicted octanol–water partition coefficient (Wildman–Crippen LogP) is 1.20. The lowest BCUT2D eigenvalue weighted by molar-refractivity contribution is 0.0812. The highest BCUT2D eigenvalue weighted by Gasteiger charge is 2.15. The molecular weight excluding hydrogens is 159 g/mol. The first-order chi connectivity index (χ1) is 5.63. The summed E-state index contributed by atoms with van der Waals surface area (Å²) in [6.45, 7) is 3.10. The molecule has 0 heterocycles. The van der Waals surface area contributed by atoms with Crippen LogP contribution in [0, 0.1) is 12.7 Å². The molecule has 3 heteroatoms. The monoisotopic (exact) mass is 167 g/mol. The highest BCUT2D eigenvalue weighted by molar-refractivity contribution is 5.99. The van der Waals surface area contributed by atoms with E-state index in [0.29, 0.717) is 0 Å². The molecule has 0 spiro atoms. The highest BCUT2D eigenvalue weighted by atomic mass is 19.1. The standard InChI is InChI=1S/C9H8FO2/c1-6(11)9(12)7-4-2-3-5-8(7)10/h2-6,11H,1H2. The summed E-state index contributed by atoms with van der Waals surface area (Å²) in [5.74, 6) is -1.33. The molecule has 2 nitrogen and oxygen atoms in total. The third-order valence-corrected chi connectivity index (χ3v) is 1.44. The van der Waals surface area contributed by atoms with Gasteiger partial charge in [0, 0.05) is 0 Å². The molecule has 1 atom stereocenters. The second-order valence-electron chi connectivity index (χ2n) is 2.36. The second-order valence-corrected chi connectivity index (χ2v) is 2.36. The summed E-state index contributed by atoms with van der Waals surface area (Å²) in [5.41, 5.74) is -0.125. The van der Waals surface area contributed by atoms with Crippen LogP contribution in [0.5, 0.6) is 0 Å². The first-order valence-corrected chi connectivity index (χ1v) is 3.43. The van der Waals surface area contributed by atoms with E-state index in [1.165, 1.54) is 18.2 Å². The predicted molar refractivity (Wildman–Crippen MR) is 42.1 cm³/mol. The third kappa shape index (κ3) is 1.68. The molecule has 0 aliphatic rings. The molecule has 1 unspecified atom stereocenters. The number of Topliss-reactive ketones (excluding diaryl/α,β-unsaturated/α-hetero) is 1. The minimum absolute atomic E-state index is 0.125. The van der Waals surface area contributed by atoms with E-state index in [1.807, 2.05) is 0 Å². The van der Waals surface area contributed by atoms with Crippen LogP contribution < -0.4 is 0 Å². The van der Waals surface area contributed by atoms with Crippen LogP contribution in [0.4, 0.5) is 4.39 Å². The molecule has 0 aromatic heterocycles. The fourth-order valence-electron chi connectivity index (χ4n) is 0.841. The molecule has 0 aliphatic heterocycles. The average Bonchev–Trinajstić information content (AvgIpc) is 2.04. The van der Waals surface area contributed by atoms with Crippen LogP contribution in [0.1, 0.15) is 10.4 Å². The largest absolute Gasteiger partial charge is 0.385 e. The number of aliphatic hydroxyl groups is 1. The minimum atomic E-state index is -1.40. The van der Waals surface area contributed by atoms with Gasteiger partial charge in [0.25, 0.3) is 0 Å². The van der Waals surface area contributed by atoms with Gasteiger partial charge in [-0.3, -0.25) is 4.79 Å². The molecule has 1 radical (unpaired) electrons. The fourth-order valence-corrected chi connectivity index (χ4v) is 0.841. The lowest BCUT2D eigenvalue weighted by atomic mass is 10.1. The molecule has 1 N–H and O–H groups in total. The number of carbonyl (C=O) groups excluding carboxylic acids is 1. The number of hydrogen-bond acceptors (Lipinski definition) is 2. The van der Waals surface area contributed by atoms with Crippen molar-refractivity contribution in [2.24, 2.45) is 0 Å². The van der Waals surface area contributed by atoms with Gasteiger partial charge >= 0.3 is 0 Å². The zero-order chi connectivity index (χ0) is 9.14. The molecule has 63 valence electrons. The van der Waals surface area contributed by atoms with Gasteiger partial charge in [-0.2, -0.15) is 0 Å². The number of benzene rings is 1. The van der Waals surface area contributed by atoms with Crippen molar-refractivity contribution in [3.63, 3.8) is 0 Å². The van der Waals surface area contributed by atoms with Crippen LogP contribution in [-0.4, -0.2) is 17.0 Å². The maximum Gasteiger partial charge on any atom is 0.194 e. The van der Waals surface area contributed by atoms with Crippen LogP contribution in [-0.2, 0) is 0 Å². The molecule has 1 rings (SSSR count). The Morgan fingerprint density at radius 1 is 1.50 bits per heavy atom. The molecule has 0 amide bonds. The molecule has 0 fully saturated rings. The summed E-state index contributed by atoms with van der Waals surface area (Å²) in [6, 6.07) is 5.47. The van der Waals surface area contributed by atoms with Gasteiger partial charge in [-0.25, -0.2) is 4.39 Å². The number of aliphatic hydroxyl groups excluding tert-OH is 1. The smallest absolute Gasteiger partial charge is 0.194 e. The van der Waals surface area contributed by atoms with Gasteiger partial charge in [0.2, 0.25) is 0 Å². The zero-order valence-electron chi connectivity index (χ0n) is 6.33. The zero-order valence-corrected chi connectivity index (χ0v) is 6.33. The second kappa shape index (κ2) is 3.45. The van der Waals surface area contributed by atoms with E-state index < -0.39 is 17.7 Å². The summed E-state index contributed by atoms with van der Waals surface area (Å²) in [6.07, 6.45) is -1.40. The lowest BCUT2D eigenvalue weighted by Gasteiger charge is -2.03. The molecule has 12 heavy (non-hydrogen) atoms. The van der Waals surface area contributed by atoms with Gasteiger partial charge in [0.05, 0.1) is 5.56 Å². The number of carbonyl (C=O) groups is 1. The molecule has 1 aromatic carbocycles. The van der Waals surface area contributed by atoms with E-state index in [0.717, 1.165) is 6.07 Å². The van der Waals surface area contributed by atoms with Crippen molar-refractivity contribution >= 4 is 5.78 Å². The quantitative estimate of drug-likeness (QED) is 0.672. The maximum absolute atomic E-state index is 12.8. The SMILES string of the molecule is [CH2]C(O)C(=O)c1ccccc1F. The van der Waals surface area contributed by atoms with E-state index in [4.69, 9.17) is 5.11 Å². The molecule has 0 saturated carbocycles. The number of rotatable bonds is 2. The van der Waals surface area contributed by atoms with Crippen molar-refractivity contribution in [3.8, 4) is 0 Å². The van der Waals surface area contributed by atoms with Crippen molar-refractivity contribution in [2.45, 2.75) is 6.10 Å². The van der Waals surface area contributed by atoms with Crippen LogP contribution >= 0.6 is 0 Å². The van der Waals surface area contributed by atoms with Gasteiger partial charge in [-0.1, -0.05) is 12.1 Å². The third-order valence-electron chi connectivity index (χ3n) is 1.44. The van der Waals surface area contributed by atoms with Gasteiger partial charge in [0.15, 0.2) is 5.78 Å². The lowest BCUT2D eigenvalue weighted by Crippen LogP contribution is -2.17. The van der Waals surface area contributed by atoms with Crippen molar-refractivity contribution in [3.05, 3.63) is 42.6 Å². The molecule has 0 aliphatic carbocycles. The Balaban J connectivity index is 3.03. The molecule has 0 saturated heterocycles. The topological polar surface area (TPSA) is 37.3 Å². The number of hydrogen-bond donors (Lipinski definition) is 1. The van der Waals surface area contributed by atoms with Gasteiger partial charge in [0.1, 0.15) is 11.9 Å². The van der Waals surface area contributed by atoms with Crippen LogP contribution in [0.3, 0.4) is 0 Å². The Morgan fingerprint density at radius 3 is 2.58 bits per heavy atom. The first kappa shape index (κ1) is 8.87. The summed E-state index contributed by atoms with van der Waals surface area (Å²) in [4.78, 5) is 11.0. The Kier molecular flexibility index (Phi) is 2.55. The summed E-state index contributed by atoms with van der Waals surface area (Å²) in [5, 5.41) is 8.77. The normalized spacial score (nSPS) is 12.6. The Bertz CT molecular complexity index is 294. The van der Waals surface area contributed by atoms with Crippen LogP contribution in [0.25, 0.3) is 0 Å². The summed E-state index contributed by atoms with van der Waals surface area (Å²) in [7, 11) is 0. The van der Waals surface area contributed by atoms with Crippen molar-refractivity contribution in [1.82, 2.24) is 0 Å². The van der Waals surface area contributed by atoms with Crippen LogP contribution in [0.15, 0.2) is 24.3 Å².